The zero-order valence-corrected chi connectivity index (χ0v) is 9.84. The minimum absolute atomic E-state index is 0.372. The third-order valence-corrected chi connectivity index (χ3v) is 3.00. The Hall–Kier alpha value is -1.21. The Balaban J connectivity index is 2.53. The number of hydrogen-bond donors (Lipinski definition) is 1. The van der Waals surface area contributed by atoms with Crippen molar-refractivity contribution in [2.24, 2.45) is 0 Å². The molecule has 0 spiro atoms. The van der Waals surface area contributed by atoms with E-state index in [9.17, 15) is 0 Å². The van der Waals surface area contributed by atoms with E-state index in [-0.39, 0.29) is 0 Å². The Morgan fingerprint density at radius 1 is 1.67 bits per heavy atom. The molecule has 80 valence electrons. The number of hydrogen-bond acceptors (Lipinski definition) is 4. The molecule has 0 aliphatic carbocycles. The minimum atomic E-state index is 0.372. The van der Waals surface area contributed by atoms with Crippen LogP contribution in [0.5, 0.6) is 0 Å². The molecule has 1 rings (SSSR count). The second-order valence-electron chi connectivity index (χ2n) is 3.25. The standard InChI is InChI=1S/C11H15N3S/c1-3-15-8-9(2)14-11-6-10(7-12)4-5-13-11/h4-6,9H,3,8H2,1-2H3,(H,13,14). The molecule has 1 N–H and O–H groups in total. The van der Waals surface area contributed by atoms with Crippen LogP contribution in [0.1, 0.15) is 19.4 Å². The number of anilines is 1. The molecule has 0 aliphatic heterocycles. The highest BCUT2D eigenvalue weighted by Gasteiger charge is 2.02. The van der Waals surface area contributed by atoms with E-state index in [1.54, 1.807) is 18.3 Å². The summed E-state index contributed by atoms with van der Waals surface area (Å²) in [4.78, 5) is 4.16. The molecule has 0 saturated carbocycles. The number of nitrogens with one attached hydrogen (secondary N) is 1. The van der Waals surface area contributed by atoms with Crippen LogP contribution in [0, 0.1) is 11.3 Å². The van der Waals surface area contributed by atoms with Gasteiger partial charge in [0.1, 0.15) is 5.82 Å². The molecule has 1 heterocycles. The summed E-state index contributed by atoms with van der Waals surface area (Å²) in [5.41, 5.74) is 0.642. The molecular formula is C11H15N3S. The van der Waals surface area contributed by atoms with Gasteiger partial charge in [-0.25, -0.2) is 4.98 Å². The number of aromatic nitrogens is 1. The first kappa shape index (κ1) is 11.9. The van der Waals surface area contributed by atoms with E-state index < -0.39 is 0 Å². The van der Waals surface area contributed by atoms with E-state index in [1.165, 1.54) is 0 Å². The Bertz CT molecular complexity index is 346. The summed E-state index contributed by atoms with van der Waals surface area (Å²) in [5, 5.41) is 12.0. The zero-order valence-electron chi connectivity index (χ0n) is 9.03. The molecular weight excluding hydrogens is 206 g/mol. The van der Waals surface area contributed by atoms with Gasteiger partial charge in [0.05, 0.1) is 11.6 Å². The number of nitriles is 1. The number of nitrogens with zero attached hydrogens (tertiary/aromatic N) is 2. The van der Waals surface area contributed by atoms with Crippen molar-refractivity contribution in [1.82, 2.24) is 4.98 Å². The third-order valence-electron chi connectivity index (χ3n) is 1.86. The molecule has 1 aromatic heterocycles. The van der Waals surface area contributed by atoms with Crippen molar-refractivity contribution in [2.45, 2.75) is 19.9 Å². The molecule has 0 saturated heterocycles. The van der Waals surface area contributed by atoms with Crippen LogP contribution in [0.3, 0.4) is 0 Å². The van der Waals surface area contributed by atoms with Crippen molar-refractivity contribution >= 4 is 17.6 Å². The number of rotatable bonds is 5. The van der Waals surface area contributed by atoms with E-state index in [4.69, 9.17) is 5.26 Å². The summed E-state index contributed by atoms with van der Waals surface area (Å²) in [6, 6.07) is 5.95. The lowest BCUT2D eigenvalue weighted by molar-refractivity contribution is 0.902. The van der Waals surface area contributed by atoms with E-state index in [2.05, 4.69) is 30.2 Å². The summed E-state index contributed by atoms with van der Waals surface area (Å²) < 4.78 is 0. The van der Waals surface area contributed by atoms with Gasteiger partial charge in [-0.3, -0.25) is 0 Å². The highest BCUT2D eigenvalue weighted by atomic mass is 32.2. The molecule has 1 atom stereocenters. The van der Waals surface area contributed by atoms with Crippen LogP contribution < -0.4 is 5.32 Å². The first-order valence-corrected chi connectivity index (χ1v) is 6.12. The monoisotopic (exact) mass is 221 g/mol. The maximum absolute atomic E-state index is 8.73. The van der Waals surface area contributed by atoms with Crippen molar-refractivity contribution in [3.05, 3.63) is 23.9 Å². The molecule has 3 nitrogen and oxygen atoms in total. The molecule has 1 aromatic rings. The molecule has 0 aliphatic rings. The van der Waals surface area contributed by atoms with Gasteiger partial charge in [-0.1, -0.05) is 6.92 Å². The van der Waals surface area contributed by atoms with Crippen molar-refractivity contribution in [1.29, 1.82) is 5.26 Å². The second-order valence-corrected chi connectivity index (χ2v) is 4.57. The van der Waals surface area contributed by atoms with Crippen LogP contribution in [0.4, 0.5) is 5.82 Å². The predicted octanol–water partition coefficient (Wildman–Crippen LogP) is 2.51. The summed E-state index contributed by atoms with van der Waals surface area (Å²) in [6.07, 6.45) is 1.65. The number of thioether (sulfide) groups is 1. The SMILES string of the molecule is CCSCC(C)Nc1cc(C#N)ccn1. The Kier molecular flexibility index (Phi) is 4.99. The van der Waals surface area contributed by atoms with E-state index in [0.29, 0.717) is 11.6 Å². The van der Waals surface area contributed by atoms with Gasteiger partial charge >= 0.3 is 0 Å². The van der Waals surface area contributed by atoms with Crippen LogP contribution in [0.15, 0.2) is 18.3 Å². The van der Waals surface area contributed by atoms with Gasteiger partial charge < -0.3 is 5.32 Å². The fourth-order valence-electron chi connectivity index (χ4n) is 1.17. The molecule has 0 amide bonds. The quantitative estimate of drug-likeness (QED) is 0.830. The van der Waals surface area contributed by atoms with Gasteiger partial charge in [-0.05, 0) is 24.8 Å². The highest BCUT2D eigenvalue weighted by Crippen LogP contribution is 2.09. The molecule has 0 bridgehead atoms. The minimum Gasteiger partial charge on any atom is -0.367 e. The van der Waals surface area contributed by atoms with Gasteiger partial charge in [0.25, 0.3) is 0 Å². The van der Waals surface area contributed by atoms with Gasteiger partial charge in [0.2, 0.25) is 0 Å². The highest BCUT2D eigenvalue weighted by molar-refractivity contribution is 7.99. The van der Waals surface area contributed by atoms with Crippen molar-refractivity contribution in [3.8, 4) is 6.07 Å². The van der Waals surface area contributed by atoms with Crippen LogP contribution in [-0.4, -0.2) is 22.5 Å². The second kappa shape index (κ2) is 6.31. The largest absolute Gasteiger partial charge is 0.367 e. The van der Waals surface area contributed by atoms with E-state index in [0.717, 1.165) is 17.3 Å². The normalized spacial score (nSPS) is 11.8. The average molecular weight is 221 g/mol. The maximum Gasteiger partial charge on any atom is 0.127 e. The van der Waals surface area contributed by atoms with Gasteiger partial charge in [0, 0.05) is 18.0 Å². The summed E-state index contributed by atoms with van der Waals surface area (Å²) >= 11 is 1.89. The Morgan fingerprint density at radius 2 is 2.47 bits per heavy atom. The molecule has 4 heteroatoms. The smallest absolute Gasteiger partial charge is 0.127 e. The Morgan fingerprint density at radius 3 is 3.13 bits per heavy atom. The van der Waals surface area contributed by atoms with Gasteiger partial charge in [0.15, 0.2) is 0 Å². The maximum atomic E-state index is 8.73. The lowest BCUT2D eigenvalue weighted by atomic mass is 10.3. The van der Waals surface area contributed by atoms with Crippen LogP contribution in [0.2, 0.25) is 0 Å². The fourth-order valence-corrected chi connectivity index (χ4v) is 1.84. The predicted molar refractivity (Wildman–Crippen MR) is 65.0 cm³/mol. The first-order valence-electron chi connectivity index (χ1n) is 4.96. The number of pyridine rings is 1. The van der Waals surface area contributed by atoms with E-state index >= 15 is 0 Å². The van der Waals surface area contributed by atoms with Gasteiger partial charge in [-0.2, -0.15) is 17.0 Å². The van der Waals surface area contributed by atoms with Crippen molar-refractivity contribution < 1.29 is 0 Å². The Labute approximate surface area is 94.9 Å². The summed E-state index contributed by atoms with van der Waals surface area (Å²) in [7, 11) is 0. The van der Waals surface area contributed by atoms with Crippen LogP contribution in [-0.2, 0) is 0 Å². The average Bonchev–Trinajstić information content (AvgIpc) is 2.26. The fraction of sp³-hybridized carbons (Fsp3) is 0.455. The summed E-state index contributed by atoms with van der Waals surface area (Å²) in [5.74, 6) is 2.95. The first-order chi connectivity index (χ1) is 7.26. The van der Waals surface area contributed by atoms with E-state index in [1.807, 2.05) is 11.8 Å². The summed E-state index contributed by atoms with van der Waals surface area (Å²) in [6.45, 7) is 4.26. The lowest BCUT2D eigenvalue weighted by Crippen LogP contribution is -2.18. The van der Waals surface area contributed by atoms with Crippen LogP contribution >= 0.6 is 11.8 Å². The molecule has 1 unspecified atom stereocenters. The molecule has 0 fully saturated rings. The molecule has 0 radical (unpaired) electrons. The third kappa shape index (κ3) is 4.22. The lowest BCUT2D eigenvalue weighted by Gasteiger charge is -2.13. The van der Waals surface area contributed by atoms with Crippen LogP contribution in [0.25, 0.3) is 0 Å². The molecule has 0 aromatic carbocycles. The topological polar surface area (TPSA) is 48.7 Å². The molecule has 15 heavy (non-hydrogen) atoms. The van der Waals surface area contributed by atoms with Crippen molar-refractivity contribution in [2.75, 3.05) is 16.8 Å². The zero-order chi connectivity index (χ0) is 11.1. The van der Waals surface area contributed by atoms with Crippen molar-refractivity contribution in [3.63, 3.8) is 0 Å². The van der Waals surface area contributed by atoms with Gasteiger partial charge in [-0.15, -0.1) is 0 Å².